The topological polar surface area (TPSA) is 95.7 Å². The van der Waals surface area contributed by atoms with E-state index < -0.39 is 40.6 Å². The second kappa shape index (κ2) is 8.32. The summed E-state index contributed by atoms with van der Waals surface area (Å²) in [6.07, 6.45) is -3.98. The van der Waals surface area contributed by atoms with Crippen LogP contribution in [0.1, 0.15) is 22.8 Å². The van der Waals surface area contributed by atoms with Crippen LogP contribution in [0.5, 0.6) is 0 Å². The highest BCUT2D eigenvalue weighted by Crippen LogP contribution is 2.30. The molecule has 1 aromatic carbocycles. The molecule has 1 rings (SSSR count). The Hall–Kier alpha value is -3.10. The summed E-state index contributed by atoms with van der Waals surface area (Å²) in [6.45, 7) is 1.26. The van der Waals surface area contributed by atoms with Gasteiger partial charge in [0.15, 0.2) is 5.78 Å². The third-order valence-corrected chi connectivity index (χ3v) is 3.21. The van der Waals surface area contributed by atoms with E-state index in [0.717, 1.165) is 32.4 Å². The lowest BCUT2D eigenvalue weighted by Gasteiger charge is -2.13. The van der Waals surface area contributed by atoms with Crippen LogP contribution in [0.4, 0.5) is 13.2 Å². The van der Waals surface area contributed by atoms with Crippen LogP contribution in [-0.4, -0.2) is 31.9 Å². The molecule has 1 aromatic rings. The number of hydrogen-bond acceptors (Lipinski definition) is 6. The number of Topliss-reactive ketones (excluding diaryl/α,β-unsaturated/α-hetero) is 1. The molecule has 0 unspecified atom stereocenters. The van der Waals surface area contributed by atoms with Gasteiger partial charge in [-0.3, -0.25) is 4.79 Å². The molecule has 0 fully saturated rings. The van der Waals surface area contributed by atoms with Gasteiger partial charge in [-0.05, 0) is 19.1 Å². The van der Waals surface area contributed by atoms with E-state index in [-0.39, 0.29) is 11.3 Å². The number of methoxy groups -OCH3 is 2. The summed E-state index contributed by atoms with van der Waals surface area (Å²) in [5.74, 6) is -3.02. The standard InChI is InChI=1S/C17H16F3NO5/c1-9(21)14(12(16(24)26-3)8-13(22)25-2)15(23)10-5-4-6-11(7-10)17(18,19)20/h4-8H,21H2,1-3H3/b12-8+,14-9-. The molecule has 0 aliphatic heterocycles. The van der Waals surface area contributed by atoms with Crippen molar-refractivity contribution in [1.29, 1.82) is 0 Å². The van der Waals surface area contributed by atoms with Crippen molar-refractivity contribution < 1.29 is 37.0 Å². The fraction of sp³-hybridized carbons (Fsp3) is 0.235. The summed E-state index contributed by atoms with van der Waals surface area (Å²) in [5.41, 5.74) is 3.07. The largest absolute Gasteiger partial charge is 0.466 e. The van der Waals surface area contributed by atoms with Gasteiger partial charge in [-0.1, -0.05) is 12.1 Å². The molecule has 0 saturated heterocycles. The zero-order valence-electron chi connectivity index (χ0n) is 14.1. The molecule has 2 N–H and O–H groups in total. The summed E-state index contributed by atoms with van der Waals surface area (Å²) in [5, 5.41) is 0. The summed E-state index contributed by atoms with van der Waals surface area (Å²) < 4.78 is 47.5. The van der Waals surface area contributed by atoms with Crippen molar-refractivity contribution in [3.8, 4) is 0 Å². The monoisotopic (exact) mass is 371 g/mol. The minimum Gasteiger partial charge on any atom is -0.466 e. The van der Waals surface area contributed by atoms with Crippen LogP contribution in [0.15, 0.2) is 47.2 Å². The number of carbonyl (C=O) groups is 3. The van der Waals surface area contributed by atoms with Gasteiger partial charge in [0.2, 0.25) is 0 Å². The lowest BCUT2D eigenvalue weighted by molar-refractivity contribution is -0.138. The van der Waals surface area contributed by atoms with E-state index in [0.29, 0.717) is 12.1 Å². The van der Waals surface area contributed by atoms with Crippen LogP contribution in [0.2, 0.25) is 0 Å². The molecular formula is C17H16F3NO5. The smallest absolute Gasteiger partial charge is 0.416 e. The predicted octanol–water partition coefficient (Wildman–Crippen LogP) is 2.39. The number of hydrogen-bond donors (Lipinski definition) is 1. The zero-order chi connectivity index (χ0) is 20.1. The third kappa shape index (κ3) is 4.95. The number of carbonyl (C=O) groups excluding carboxylic acids is 3. The van der Waals surface area contributed by atoms with E-state index in [1.807, 2.05) is 0 Å². The van der Waals surface area contributed by atoms with E-state index in [1.165, 1.54) is 6.92 Å². The minimum atomic E-state index is -4.66. The quantitative estimate of drug-likeness (QED) is 0.370. The molecule has 0 radical (unpaired) electrons. The number of nitrogens with two attached hydrogens (primary N) is 1. The predicted molar refractivity (Wildman–Crippen MR) is 84.8 cm³/mol. The first-order valence-electron chi connectivity index (χ1n) is 7.09. The lowest BCUT2D eigenvalue weighted by Crippen LogP contribution is -2.20. The Morgan fingerprint density at radius 3 is 2.19 bits per heavy atom. The van der Waals surface area contributed by atoms with Gasteiger partial charge in [-0.15, -0.1) is 0 Å². The molecule has 140 valence electrons. The van der Waals surface area contributed by atoms with Gasteiger partial charge in [0.1, 0.15) is 0 Å². The number of alkyl halides is 3. The van der Waals surface area contributed by atoms with Crippen molar-refractivity contribution in [2.24, 2.45) is 5.73 Å². The first kappa shape index (κ1) is 20.9. The highest BCUT2D eigenvalue weighted by atomic mass is 19.4. The van der Waals surface area contributed by atoms with Crippen molar-refractivity contribution in [3.63, 3.8) is 0 Å². The molecule has 0 saturated carbocycles. The molecule has 26 heavy (non-hydrogen) atoms. The van der Waals surface area contributed by atoms with Gasteiger partial charge in [0.25, 0.3) is 0 Å². The Balaban J connectivity index is 3.53. The molecule has 0 spiro atoms. The van der Waals surface area contributed by atoms with E-state index in [2.05, 4.69) is 9.47 Å². The number of esters is 2. The van der Waals surface area contributed by atoms with E-state index in [9.17, 15) is 27.6 Å². The minimum absolute atomic E-state index is 0.187. The van der Waals surface area contributed by atoms with Crippen LogP contribution in [-0.2, 0) is 25.2 Å². The molecule has 0 aromatic heterocycles. The number of benzene rings is 1. The third-order valence-electron chi connectivity index (χ3n) is 3.21. The number of allylic oxidation sites excluding steroid dienone is 1. The van der Waals surface area contributed by atoms with Gasteiger partial charge >= 0.3 is 18.1 Å². The van der Waals surface area contributed by atoms with E-state index in [1.54, 1.807) is 0 Å². The lowest BCUT2D eigenvalue weighted by atomic mass is 9.93. The molecule has 0 atom stereocenters. The van der Waals surface area contributed by atoms with Crippen molar-refractivity contribution in [2.75, 3.05) is 14.2 Å². The summed E-state index contributed by atoms with van der Waals surface area (Å²) in [4.78, 5) is 36.1. The number of rotatable bonds is 5. The molecule has 0 heterocycles. The Kier molecular flexibility index (Phi) is 6.71. The molecule has 0 aliphatic rings. The van der Waals surface area contributed by atoms with E-state index in [4.69, 9.17) is 5.73 Å². The average Bonchev–Trinajstić information content (AvgIpc) is 2.59. The van der Waals surface area contributed by atoms with Crippen molar-refractivity contribution in [1.82, 2.24) is 0 Å². The Labute approximate surface area is 147 Å². The maximum absolute atomic E-state index is 12.9. The molecular weight excluding hydrogens is 355 g/mol. The Bertz CT molecular complexity index is 790. The summed E-state index contributed by atoms with van der Waals surface area (Å²) in [6, 6.07) is 3.59. The highest BCUT2D eigenvalue weighted by molar-refractivity contribution is 6.19. The maximum Gasteiger partial charge on any atom is 0.416 e. The van der Waals surface area contributed by atoms with Crippen LogP contribution < -0.4 is 5.73 Å². The van der Waals surface area contributed by atoms with Gasteiger partial charge in [0.05, 0.1) is 30.9 Å². The number of halogens is 3. The summed E-state index contributed by atoms with van der Waals surface area (Å²) >= 11 is 0. The summed E-state index contributed by atoms with van der Waals surface area (Å²) in [7, 11) is 2.05. The fourth-order valence-electron chi connectivity index (χ4n) is 2.01. The van der Waals surface area contributed by atoms with Crippen molar-refractivity contribution >= 4 is 17.7 Å². The van der Waals surface area contributed by atoms with Crippen molar-refractivity contribution in [3.05, 3.63) is 58.3 Å². The second-order valence-electron chi connectivity index (χ2n) is 5.04. The van der Waals surface area contributed by atoms with E-state index >= 15 is 0 Å². The van der Waals surface area contributed by atoms with Crippen molar-refractivity contribution in [2.45, 2.75) is 13.1 Å². The van der Waals surface area contributed by atoms with Crippen LogP contribution in [0.3, 0.4) is 0 Å². The molecule has 9 heteroatoms. The first-order valence-corrected chi connectivity index (χ1v) is 7.09. The Morgan fingerprint density at radius 2 is 1.73 bits per heavy atom. The molecule has 0 aliphatic carbocycles. The normalized spacial score (nSPS) is 12.9. The molecule has 6 nitrogen and oxygen atoms in total. The maximum atomic E-state index is 12.9. The second-order valence-corrected chi connectivity index (χ2v) is 5.04. The zero-order valence-corrected chi connectivity index (χ0v) is 14.1. The molecule has 0 bridgehead atoms. The first-order chi connectivity index (χ1) is 12.0. The van der Waals surface area contributed by atoms with Gasteiger partial charge in [-0.25, -0.2) is 9.59 Å². The van der Waals surface area contributed by atoms with Gasteiger partial charge in [0, 0.05) is 17.3 Å². The van der Waals surface area contributed by atoms with Crippen LogP contribution in [0.25, 0.3) is 0 Å². The van der Waals surface area contributed by atoms with Gasteiger partial charge < -0.3 is 15.2 Å². The molecule has 0 amide bonds. The number of ketones is 1. The Morgan fingerprint density at radius 1 is 1.12 bits per heavy atom. The number of ether oxygens (including phenoxy) is 2. The van der Waals surface area contributed by atoms with Crippen LogP contribution >= 0.6 is 0 Å². The fourth-order valence-corrected chi connectivity index (χ4v) is 2.01. The SMILES string of the molecule is COC(=O)/C=C(C(=O)OC)\C(C(=O)c1cccc(C(F)(F)F)c1)=C(/C)N. The van der Waals surface area contributed by atoms with Crippen LogP contribution in [0, 0.1) is 0 Å². The van der Waals surface area contributed by atoms with Gasteiger partial charge in [-0.2, -0.15) is 13.2 Å². The average molecular weight is 371 g/mol. The highest BCUT2D eigenvalue weighted by Gasteiger charge is 2.32.